The number of ether oxygens (including phenoxy) is 2. The molecule has 2 fully saturated rings. The molecule has 0 saturated carbocycles. The molecule has 2 aliphatic rings. The van der Waals surface area contributed by atoms with Crippen LogP contribution in [-0.2, 0) is 4.74 Å². The van der Waals surface area contributed by atoms with Gasteiger partial charge in [-0.15, -0.1) is 0 Å². The molecule has 1 aromatic rings. The van der Waals surface area contributed by atoms with Gasteiger partial charge in [0.25, 0.3) is 0 Å². The fourth-order valence-electron chi connectivity index (χ4n) is 2.99. The van der Waals surface area contributed by atoms with Gasteiger partial charge in [0.15, 0.2) is 5.78 Å². The van der Waals surface area contributed by atoms with Gasteiger partial charge in [-0.25, -0.2) is 0 Å². The topological polar surface area (TPSA) is 35.5 Å². The average Bonchev–Trinajstić information content (AvgIpc) is 3.00. The Labute approximate surface area is 111 Å². The molecule has 0 radical (unpaired) electrons. The fraction of sp³-hybridized carbons (Fsp3) is 0.500. The van der Waals surface area contributed by atoms with E-state index in [1.54, 1.807) is 25.3 Å². The zero-order valence-corrected chi connectivity index (χ0v) is 10.9. The Balaban J connectivity index is 1.90. The molecule has 3 unspecified atom stereocenters. The van der Waals surface area contributed by atoms with Crippen LogP contribution in [0, 0.1) is 5.92 Å². The smallest absolute Gasteiger partial charge is 0.172 e. The highest BCUT2D eigenvalue weighted by Crippen LogP contribution is 2.41. The third-order valence-electron chi connectivity index (χ3n) is 3.87. The van der Waals surface area contributed by atoms with Crippen LogP contribution in [0.3, 0.4) is 0 Å². The summed E-state index contributed by atoms with van der Waals surface area (Å²) >= 11 is 5.96. The van der Waals surface area contributed by atoms with E-state index in [1.807, 2.05) is 0 Å². The monoisotopic (exact) mass is 266 g/mol. The predicted octanol–water partition coefficient (Wildman–Crippen LogP) is 3.10. The molecule has 2 aliphatic heterocycles. The Morgan fingerprint density at radius 3 is 2.89 bits per heavy atom. The molecule has 0 amide bonds. The van der Waals surface area contributed by atoms with E-state index in [-0.39, 0.29) is 23.9 Å². The maximum atomic E-state index is 12.6. The van der Waals surface area contributed by atoms with E-state index >= 15 is 0 Å². The molecule has 2 heterocycles. The summed E-state index contributed by atoms with van der Waals surface area (Å²) < 4.78 is 11.0. The van der Waals surface area contributed by atoms with Gasteiger partial charge in [0, 0.05) is 5.02 Å². The van der Waals surface area contributed by atoms with Crippen LogP contribution in [0.15, 0.2) is 18.2 Å². The molecule has 18 heavy (non-hydrogen) atoms. The van der Waals surface area contributed by atoms with Crippen molar-refractivity contribution in [2.24, 2.45) is 5.92 Å². The standard InChI is InChI=1S/C14H15ClO3/c1-17-12-4-2-8(15)6-10(12)14(16)11-7-9-3-5-13(11)18-9/h2,4,6,9,11,13H,3,5,7H2,1H3. The van der Waals surface area contributed by atoms with Crippen molar-refractivity contribution in [1.82, 2.24) is 0 Å². The molecule has 0 aromatic heterocycles. The molecular weight excluding hydrogens is 252 g/mol. The zero-order valence-electron chi connectivity index (χ0n) is 10.2. The van der Waals surface area contributed by atoms with E-state index in [0.29, 0.717) is 16.3 Å². The van der Waals surface area contributed by atoms with Crippen molar-refractivity contribution in [3.8, 4) is 5.75 Å². The summed E-state index contributed by atoms with van der Waals surface area (Å²) in [5.74, 6) is 0.657. The summed E-state index contributed by atoms with van der Waals surface area (Å²) in [5.41, 5.74) is 0.575. The molecule has 2 saturated heterocycles. The second kappa shape index (κ2) is 4.56. The van der Waals surface area contributed by atoms with Crippen LogP contribution in [0.25, 0.3) is 0 Å². The molecule has 3 nitrogen and oxygen atoms in total. The molecule has 2 bridgehead atoms. The molecule has 1 aromatic carbocycles. The summed E-state index contributed by atoms with van der Waals surface area (Å²) in [5, 5.41) is 0.559. The summed E-state index contributed by atoms with van der Waals surface area (Å²) in [4.78, 5) is 12.6. The van der Waals surface area contributed by atoms with Gasteiger partial charge >= 0.3 is 0 Å². The molecular formula is C14H15ClO3. The summed E-state index contributed by atoms with van der Waals surface area (Å²) in [6, 6.07) is 5.16. The third kappa shape index (κ3) is 1.91. The van der Waals surface area contributed by atoms with Gasteiger partial charge in [0.05, 0.1) is 30.8 Å². The number of benzene rings is 1. The van der Waals surface area contributed by atoms with E-state index in [0.717, 1.165) is 19.3 Å². The first kappa shape index (κ1) is 12.0. The fourth-order valence-corrected chi connectivity index (χ4v) is 3.16. The lowest BCUT2D eigenvalue weighted by Gasteiger charge is -2.18. The number of methoxy groups -OCH3 is 1. The number of rotatable bonds is 3. The van der Waals surface area contributed by atoms with Crippen molar-refractivity contribution < 1.29 is 14.3 Å². The minimum atomic E-state index is -0.0314. The number of hydrogen-bond acceptors (Lipinski definition) is 3. The van der Waals surface area contributed by atoms with Gasteiger partial charge in [-0.2, -0.15) is 0 Å². The SMILES string of the molecule is COc1ccc(Cl)cc1C(=O)C1CC2CCC1O2. The van der Waals surface area contributed by atoms with Crippen molar-refractivity contribution in [3.63, 3.8) is 0 Å². The maximum absolute atomic E-state index is 12.6. The van der Waals surface area contributed by atoms with Crippen molar-refractivity contribution in [2.75, 3.05) is 7.11 Å². The summed E-state index contributed by atoms with van der Waals surface area (Å²) in [7, 11) is 1.57. The van der Waals surface area contributed by atoms with Gasteiger partial charge < -0.3 is 9.47 Å². The van der Waals surface area contributed by atoms with Gasteiger partial charge in [0.2, 0.25) is 0 Å². The highest BCUT2D eigenvalue weighted by Gasteiger charge is 2.44. The predicted molar refractivity (Wildman–Crippen MR) is 68.3 cm³/mol. The van der Waals surface area contributed by atoms with Crippen LogP contribution in [0.4, 0.5) is 0 Å². The summed E-state index contributed by atoms with van der Waals surface area (Å²) in [6.07, 6.45) is 3.27. The Morgan fingerprint density at radius 2 is 2.28 bits per heavy atom. The molecule has 0 aliphatic carbocycles. The van der Waals surface area contributed by atoms with Gasteiger partial charge in [-0.05, 0) is 37.5 Å². The first-order chi connectivity index (χ1) is 8.69. The molecule has 4 heteroatoms. The van der Waals surface area contributed by atoms with Gasteiger partial charge in [0.1, 0.15) is 5.75 Å². The second-order valence-electron chi connectivity index (χ2n) is 4.92. The number of Topliss-reactive ketones (excluding diaryl/α,β-unsaturated/α-hetero) is 1. The van der Waals surface area contributed by atoms with Crippen LogP contribution in [0.1, 0.15) is 29.6 Å². The Bertz CT molecular complexity index is 486. The van der Waals surface area contributed by atoms with Crippen LogP contribution in [-0.4, -0.2) is 25.1 Å². The normalized spacial score (nSPS) is 29.6. The first-order valence-electron chi connectivity index (χ1n) is 6.22. The zero-order chi connectivity index (χ0) is 12.7. The minimum Gasteiger partial charge on any atom is -0.496 e. The Morgan fingerprint density at radius 1 is 1.44 bits per heavy atom. The quantitative estimate of drug-likeness (QED) is 0.789. The molecule has 3 rings (SSSR count). The lowest BCUT2D eigenvalue weighted by molar-refractivity contribution is 0.0741. The Kier molecular flexibility index (Phi) is 3.04. The van der Waals surface area contributed by atoms with E-state index in [2.05, 4.69) is 0 Å². The highest BCUT2D eigenvalue weighted by molar-refractivity contribution is 6.31. The first-order valence-corrected chi connectivity index (χ1v) is 6.60. The lowest BCUT2D eigenvalue weighted by Crippen LogP contribution is -2.25. The number of ketones is 1. The molecule has 0 N–H and O–H groups in total. The van der Waals surface area contributed by atoms with Gasteiger partial charge in [-0.1, -0.05) is 11.6 Å². The third-order valence-corrected chi connectivity index (χ3v) is 4.10. The van der Waals surface area contributed by atoms with Crippen LogP contribution < -0.4 is 4.74 Å². The van der Waals surface area contributed by atoms with Crippen molar-refractivity contribution >= 4 is 17.4 Å². The van der Waals surface area contributed by atoms with Crippen LogP contribution in [0.5, 0.6) is 5.75 Å². The van der Waals surface area contributed by atoms with Crippen LogP contribution in [0.2, 0.25) is 5.02 Å². The number of halogens is 1. The number of carbonyl (C=O) groups is 1. The lowest BCUT2D eigenvalue weighted by atomic mass is 9.83. The number of carbonyl (C=O) groups excluding carboxylic acids is 1. The minimum absolute atomic E-state index is 0.0314. The van der Waals surface area contributed by atoms with Gasteiger partial charge in [-0.3, -0.25) is 4.79 Å². The van der Waals surface area contributed by atoms with E-state index in [4.69, 9.17) is 21.1 Å². The van der Waals surface area contributed by atoms with Crippen molar-refractivity contribution in [2.45, 2.75) is 31.5 Å². The van der Waals surface area contributed by atoms with E-state index < -0.39 is 0 Å². The van der Waals surface area contributed by atoms with E-state index in [9.17, 15) is 4.79 Å². The largest absolute Gasteiger partial charge is 0.496 e. The second-order valence-corrected chi connectivity index (χ2v) is 5.36. The molecule has 96 valence electrons. The van der Waals surface area contributed by atoms with Crippen LogP contribution >= 0.6 is 11.6 Å². The number of hydrogen-bond donors (Lipinski definition) is 0. The maximum Gasteiger partial charge on any atom is 0.172 e. The highest BCUT2D eigenvalue weighted by atomic mass is 35.5. The molecule has 3 atom stereocenters. The van der Waals surface area contributed by atoms with Crippen molar-refractivity contribution in [1.29, 1.82) is 0 Å². The Hall–Kier alpha value is -1.06. The van der Waals surface area contributed by atoms with E-state index in [1.165, 1.54) is 0 Å². The summed E-state index contributed by atoms with van der Waals surface area (Å²) in [6.45, 7) is 0. The number of fused-ring (bicyclic) bond motifs is 2. The average molecular weight is 267 g/mol. The molecule has 0 spiro atoms. The van der Waals surface area contributed by atoms with Crippen molar-refractivity contribution in [3.05, 3.63) is 28.8 Å².